The number of carboxylic acid groups (broad SMARTS) is 1. The molecule has 1 aliphatic rings. The minimum absolute atomic E-state index is 0.0955. The molecule has 8 heteroatoms. The van der Waals surface area contributed by atoms with E-state index in [0.717, 1.165) is 35.7 Å². The molecule has 170 valence electrons. The van der Waals surface area contributed by atoms with Crippen molar-refractivity contribution < 1.29 is 14.7 Å². The van der Waals surface area contributed by atoms with Crippen molar-refractivity contribution >= 4 is 52.2 Å². The molecule has 4 rings (SSSR count). The first-order valence-electron chi connectivity index (χ1n) is 10.6. The van der Waals surface area contributed by atoms with Crippen molar-refractivity contribution in [2.45, 2.75) is 18.9 Å². The van der Waals surface area contributed by atoms with Gasteiger partial charge in [0.15, 0.2) is 0 Å². The number of carbonyl (C=O) groups is 2. The van der Waals surface area contributed by atoms with Gasteiger partial charge in [-0.1, -0.05) is 11.6 Å². The average molecular weight is 482 g/mol. The Bertz CT molecular complexity index is 1150. The van der Waals surface area contributed by atoms with Crippen molar-refractivity contribution in [1.29, 1.82) is 0 Å². The number of pyridine rings is 1. The molecule has 1 saturated heterocycles. The van der Waals surface area contributed by atoms with Gasteiger partial charge in [0.25, 0.3) is 0 Å². The highest BCUT2D eigenvalue weighted by Crippen LogP contribution is 2.27. The topological polar surface area (TPSA) is 82.5 Å². The maximum absolute atomic E-state index is 13.0. The second kappa shape index (κ2) is 10.3. The highest BCUT2D eigenvalue weighted by Gasteiger charge is 2.20. The predicted molar refractivity (Wildman–Crippen MR) is 135 cm³/mol. The summed E-state index contributed by atoms with van der Waals surface area (Å²) >= 11 is 7.86. The van der Waals surface area contributed by atoms with Crippen LogP contribution in [-0.4, -0.2) is 46.4 Å². The number of halogens is 1. The fourth-order valence-electron chi connectivity index (χ4n) is 3.73. The summed E-state index contributed by atoms with van der Waals surface area (Å²) in [6.07, 6.45) is 3.60. The molecule has 33 heavy (non-hydrogen) atoms. The minimum atomic E-state index is -1.06. The molecule has 1 aliphatic heterocycles. The normalized spacial score (nSPS) is 14.0. The first-order valence-corrected chi connectivity index (χ1v) is 12.2. The zero-order valence-electron chi connectivity index (χ0n) is 18.1. The van der Waals surface area contributed by atoms with E-state index in [-0.39, 0.29) is 23.1 Å². The van der Waals surface area contributed by atoms with Gasteiger partial charge in [0.05, 0.1) is 17.4 Å². The number of hydrogen-bond acceptors (Lipinski definition) is 6. The number of carbonyl (C=O) groups excluding carboxylic acids is 1. The van der Waals surface area contributed by atoms with Crippen LogP contribution in [0.25, 0.3) is 0 Å². The van der Waals surface area contributed by atoms with Gasteiger partial charge in [0.2, 0.25) is 5.78 Å². The van der Waals surface area contributed by atoms with E-state index in [9.17, 15) is 14.7 Å². The van der Waals surface area contributed by atoms with Crippen LogP contribution in [0.2, 0.25) is 5.02 Å². The first-order chi connectivity index (χ1) is 15.9. The largest absolute Gasteiger partial charge is 0.478 e. The minimum Gasteiger partial charge on any atom is -0.478 e. The van der Waals surface area contributed by atoms with Crippen molar-refractivity contribution in [2.75, 3.05) is 28.8 Å². The summed E-state index contributed by atoms with van der Waals surface area (Å²) in [5.74, 6) is 0.737. The summed E-state index contributed by atoms with van der Waals surface area (Å²) in [5, 5.41) is 13.7. The Kier molecular flexibility index (Phi) is 7.20. The fraction of sp³-hybridized carbons (Fsp3) is 0.240. The molecule has 2 aromatic carbocycles. The molecule has 0 bridgehead atoms. The highest BCUT2D eigenvalue weighted by molar-refractivity contribution is 7.99. The van der Waals surface area contributed by atoms with Crippen molar-refractivity contribution in [3.05, 3.63) is 82.6 Å². The van der Waals surface area contributed by atoms with Crippen LogP contribution in [0.1, 0.15) is 39.3 Å². The lowest BCUT2D eigenvalue weighted by molar-refractivity contribution is 0.0698. The molecule has 2 heterocycles. The molecule has 3 aromatic rings. The Morgan fingerprint density at radius 1 is 1.06 bits per heavy atom. The van der Waals surface area contributed by atoms with Gasteiger partial charge in [-0.3, -0.25) is 9.78 Å². The van der Waals surface area contributed by atoms with E-state index >= 15 is 0 Å². The Morgan fingerprint density at radius 3 is 2.39 bits per heavy atom. The molecule has 0 radical (unpaired) electrons. The smallest absolute Gasteiger partial charge is 0.337 e. The van der Waals surface area contributed by atoms with Crippen LogP contribution in [0, 0.1) is 0 Å². The maximum atomic E-state index is 13.0. The van der Waals surface area contributed by atoms with Gasteiger partial charge in [-0.25, -0.2) is 4.79 Å². The zero-order valence-corrected chi connectivity index (χ0v) is 19.7. The second-order valence-electron chi connectivity index (χ2n) is 7.86. The summed E-state index contributed by atoms with van der Waals surface area (Å²) in [6.45, 7) is 0. The molecule has 1 aromatic heterocycles. The van der Waals surface area contributed by atoms with Gasteiger partial charge in [0, 0.05) is 35.1 Å². The van der Waals surface area contributed by atoms with E-state index < -0.39 is 5.97 Å². The summed E-state index contributed by atoms with van der Waals surface area (Å²) < 4.78 is 0. The number of anilines is 3. The molecule has 6 nitrogen and oxygen atoms in total. The fourth-order valence-corrected chi connectivity index (χ4v) is 4.96. The van der Waals surface area contributed by atoms with Crippen molar-refractivity contribution in [3.8, 4) is 0 Å². The summed E-state index contributed by atoms with van der Waals surface area (Å²) in [6, 6.07) is 15.9. The molecular weight excluding hydrogens is 458 g/mol. The van der Waals surface area contributed by atoms with Crippen molar-refractivity contribution in [3.63, 3.8) is 0 Å². The molecule has 0 spiro atoms. The number of carboxylic acids is 1. The number of aromatic carboxylic acids is 1. The molecule has 0 unspecified atom stereocenters. The van der Waals surface area contributed by atoms with Gasteiger partial charge < -0.3 is 15.3 Å². The number of hydrogen-bond donors (Lipinski definition) is 2. The van der Waals surface area contributed by atoms with Crippen LogP contribution in [0.15, 0.2) is 60.8 Å². The summed E-state index contributed by atoms with van der Waals surface area (Å²) in [5.41, 5.74) is 2.94. The van der Waals surface area contributed by atoms with Gasteiger partial charge in [-0.15, -0.1) is 0 Å². The molecule has 2 N–H and O–H groups in total. The Balaban J connectivity index is 1.52. The molecule has 1 fully saturated rings. The third-order valence-electron chi connectivity index (χ3n) is 5.67. The van der Waals surface area contributed by atoms with E-state index in [2.05, 4.69) is 10.3 Å². The average Bonchev–Trinajstić information content (AvgIpc) is 2.84. The van der Waals surface area contributed by atoms with Crippen LogP contribution >= 0.6 is 23.4 Å². The number of ketones is 1. The third-order valence-corrected chi connectivity index (χ3v) is 6.98. The number of nitrogens with zero attached hydrogens (tertiary/aromatic N) is 2. The summed E-state index contributed by atoms with van der Waals surface area (Å²) in [4.78, 5) is 31.1. The van der Waals surface area contributed by atoms with Crippen LogP contribution < -0.4 is 10.2 Å². The number of thioether (sulfide) groups is 1. The molecule has 0 amide bonds. The SMILES string of the molecule is CN(c1ccc(Cl)cc1)c1ccc(C(=O)c2ccc(NC3CCSCC3)c(C(=O)O)c2)nc1. The molecule has 0 aliphatic carbocycles. The number of aromatic nitrogens is 1. The number of rotatable bonds is 7. The quantitative estimate of drug-likeness (QED) is 0.416. The number of nitrogens with one attached hydrogen (secondary N) is 1. The van der Waals surface area contributed by atoms with Gasteiger partial charge >= 0.3 is 5.97 Å². The lowest BCUT2D eigenvalue weighted by atomic mass is 10.0. The Labute approximate surface area is 202 Å². The Morgan fingerprint density at radius 2 is 1.76 bits per heavy atom. The predicted octanol–water partition coefficient (Wildman–Crippen LogP) is 5.74. The lowest BCUT2D eigenvalue weighted by Crippen LogP contribution is -2.25. The Hall–Kier alpha value is -3.03. The lowest BCUT2D eigenvalue weighted by Gasteiger charge is -2.24. The molecule has 0 atom stereocenters. The van der Waals surface area contributed by atoms with Crippen molar-refractivity contribution in [1.82, 2.24) is 4.98 Å². The highest BCUT2D eigenvalue weighted by atomic mass is 35.5. The molecular formula is C25H24ClN3O3S. The monoisotopic (exact) mass is 481 g/mol. The van der Waals surface area contributed by atoms with E-state index in [1.165, 1.54) is 6.07 Å². The van der Waals surface area contributed by atoms with E-state index in [4.69, 9.17) is 11.6 Å². The third kappa shape index (κ3) is 5.49. The van der Waals surface area contributed by atoms with E-state index in [0.29, 0.717) is 16.3 Å². The van der Waals surface area contributed by atoms with Gasteiger partial charge in [-0.2, -0.15) is 11.8 Å². The van der Waals surface area contributed by atoms with Crippen LogP contribution in [0.4, 0.5) is 17.1 Å². The number of benzene rings is 2. The molecule has 0 saturated carbocycles. The van der Waals surface area contributed by atoms with Gasteiger partial charge in [-0.05, 0) is 78.9 Å². The standard InChI is InChI=1S/C25H24ClN3O3S/c1-29(19-5-3-17(26)4-6-19)20-7-9-23(27-15-20)24(30)16-2-8-22(21(14-16)25(31)32)28-18-10-12-33-13-11-18/h2-9,14-15,18,28H,10-13H2,1H3,(H,31,32). The summed E-state index contributed by atoms with van der Waals surface area (Å²) in [7, 11) is 1.90. The van der Waals surface area contributed by atoms with Gasteiger partial charge in [0.1, 0.15) is 5.69 Å². The first kappa shape index (κ1) is 23.1. The maximum Gasteiger partial charge on any atom is 0.337 e. The van der Waals surface area contributed by atoms with Crippen LogP contribution in [0.5, 0.6) is 0 Å². The van der Waals surface area contributed by atoms with Crippen molar-refractivity contribution in [2.24, 2.45) is 0 Å². The van der Waals surface area contributed by atoms with Crippen LogP contribution in [-0.2, 0) is 0 Å². The second-order valence-corrected chi connectivity index (χ2v) is 9.52. The van der Waals surface area contributed by atoms with E-state index in [1.807, 2.05) is 54.0 Å². The zero-order chi connectivity index (χ0) is 23.4. The van der Waals surface area contributed by atoms with E-state index in [1.54, 1.807) is 24.4 Å². The van der Waals surface area contributed by atoms with Crippen LogP contribution in [0.3, 0.4) is 0 Å².